The second kappa shape index (κ2) is 8.52. The summed E-state index contributed by atoms with van der Waals surface area (Å²) in [6.45, 7) is 3.97. The number of nitrogens with one attached hydrogen (secondary N) is 1. The van der Waals surface area contributed by atoms with Gasteiger partial charge in [0.1, 0.15) is 5.75 Å². The van der Waals surface area contributed by atoms with Crippen molar-refractivity contribution in [2.24, 2.45) is 11.8 Å². The normalized spacial score (nSPS) is 12.0. The van der Waals surface area contributed by atoms with E-state index >= 15 is 0 Å². The highest BCUT2D eigenvalue weighted by molar-refractivity contribution is 6.30. The first kappa shape index (κ1) is 17.3. The minimum Gasteiger partial charge on any atom is -0.493 e. The minimum absolute atomic E-state index is 0.0366. The summed E-state index contributed by atoms with van der Waals surface area (Å²) in [6.07, 6.45) is 0.164. The standard InChI is InChI=1S/C15H20ClNO4/c1-10(2)13(15(19)20)9-17-14(18)6-7-21-12-5-3-4-11(16)8-12/h3-5,8,10,13H,6-7,9H2,1-2H3,(H,17,18)(H,19,20). The van der Waals surface area contributed by atoms with Crippen LogP contribution in [-0.2, 0) is 9.59 Å². The van der Waals surface area contributed by atoms with Gasteiger partial charge < -0.3 is 15.2 Å². The van der Waals surface area contributed by atoms with Crippen molar-refractivity contribution in [3.05, 3.63) is 29.3 Å². The smallest absolute Gasteiger partial charge is 0.308 e. The molecule has 0 spiro atoms. The lowest BCUT2D eigenvalue weighted by Gasteiger charge is -2.16. The second-order valence-electron chi connectivity index (χ2n) is 5.05. The Balaban J connectivity index is 2.29. The molecule has 0 fully saturated rings. The van der Waals surface area contributed by atoms with Gasteiger partial charge in [-0.25, -0.2) is 0 Å². The van der Waals surface area contributed by atoms with Gasteiger partial charge in [0, 0.05) is 11.6 Å². The SMILES string of the molecule is CC(C)C(CNC(=O)CCOc1cccc(Cl)c1)C(=O)O. The molecule has 0 saturated heterocycles. The number of hydrogen-bond donors (Lipinski definition) is 2. The van der Waals surface area contributed by atoms with Gasteiger partial charge in [-0.15, -0.1) is 0 Å². The maximum Gasteiger partial charge on any atom is 0.308 e. The Kier molecular flexibility index (Phi) is 7.02. The fourth-order valence-corrected chi connectivity index (χ4v) is 1.92. The summed E-state index contributed by atoms with van der Waals surface area (Å²) in [7, 11) is 0. The summed E-state index contributed by atoms with van der Waals surface area (Å²) < 4.78 is 5.40. The van der Waals surface area contributed by atoms with Crippen LogP contribution in [0.15, 0.2) is 24.3 Å². The maximum absolute atomic E-state index is 11.6. The molecule has 6 heteroatoms. The number of carbonyl (C=O) groups is 2. The first-order valence-corrected chi connectivity index (χ1v) is 7.16. The molecule has 116 valence electrons. The molecule has 1 atom stereocenters. The Morgan fingerprint density at radius 2 is 2.10 bits per heavy atom. The highest BCUT2D eigenvalue weighted by Gasteiger charge is 2.21. The fourth-order valence-electron chi connectivity index (χ4n) is 1.74. The van der Waals surface area contributed by atoms with E-state index in [4.69, 9.17) is 21.4 Å². The quantitative estimate of drug-likeness (QED) is 0.773. The lowest BCUT2D eigenvalue weighted by atomic mass is 9.96. The molecule has 2 N–H and O–H groups in total. The van der Waals surface area contributed by atoms with E-state index in [0.29, 0.717) is 10.8 Å². The summed E-state index contributed by atoms with van der Waals surface area (Å²) in [6, 6.07) is 6.92. The van der Waals surface area contributed by atoms with Crippen LogP contribution in [0.25, 0.3) is 0 Å². The Morgan fingerprint density at radius 1 is 1.38 bits per heavy atom. The first-order chi connectivity index (χ1) is 9.90. The van der Waals surface area contributed by atoms with Crippen molar-refractivity contribution < 1.29 is 19.4 Å². The fraction of sp³-hybridized carbons (Fsp3) is 0.467. The molecule has 0 aliphatic heterocycles. The van der Waals surface area contributed by atoms with Crippen molar-refractivity contribution in [1.82, 2.24) is 5.32 Å². The summed E-state index contributed by atoms with van der Waals surface area (Å²) in [5, 5.41) is 12.2. The average molecular weight is 314 g/mol. The molecule has 1 aromatic carbocycles. The maximum atomic E-state index is 11.6. The second-order valence-corrected chi connectivity index (χ2v) is 5.49. The van der Waals surface area contributed by atoms with Crippen molar-refractivity contribution in [1.29, 1.82) is 0 Å². The predicted octanol–water partition coefficient (Wildman–Crippen LogP) is 2.58. The number of rotatable bonds is 8. The molecule has 21 heavy (non-hydrogen) atoms. The highest BCUT2D eigenvalue weighted by Crippen LogP contribution is 2.17. The topological polar surface area (TPSA) is 75.6 Å². The first-order valence-electron chi connectivity index (χ1n) is 6.78. The van der Waals surface area contributed by atoms with Crippen LogP contribution in [0.4, 0.5) is 0 Å². The van der Waals surface area contributed by atoms with Crippen molar-refractivity contribution in [3.63, 3.8) is 0 Å². The number of carboxylic acid groups (broad SMARTS) is 1. The van der Waals surface area contributed by atoms with Gasteiger partial charge in [-0.3, -0.25) is 9.59 Å². The van der Waals surface area contributed by atoms with E-state index in [2.05, 4.69) is 5.32 Å². The third kappa shape index (κ3) is 6.49. The molecule has 0 radical (unpaired) electrons. The number of amides is 1. The van der Waals surface area contributed by atoms with Crippen molar-refractivity contribution in [3.8, 4) is 5.75 Å². The Bertz CT molecular complexity index is 490. The van der Waals surface area contributed by atoms with E-state index in [1.54, 1.807) is 24.3 Å². The molecule has 5 nitrogen and oxygen atoms in total. The van der Waals surface area contributed by atoms with Gasteiger partial charge in [0.15, 0.2) is 0 Å². The third-order valence-corrected chi connectivity index (χ3v) is 3.27. The molecule has 0 aromatic heterocycles. The zero-order valence-electron chi connectivity index (χ0n) is 12.1. The Hall–Kier alpha value is -1.75. The molecule has 0 aliphatic rings. The molecule has 0 bridgehead atoms. The van der Waals surface area contributed by atoms with Gasteiger partial charge in [0.2, 0.25) is 5.91 Å². The van der Waals surface area contributed by atoms with Crippen LogP contribution in [-0.4, -0.2) is 30.1 Å². The van der Waals surface area contributed by atoms with Crippen molar-refractivity contribution in [2.75, 3.05) is 13.2 Å². The zero-order chi connectivity index (χ0) is 15.8. The summed E-state index contributed by atoms with van der Waals surface area (Å²) >= 11 is 5.82. The molecule has 1 amide bonds. The molecule has 0 heterocycles. The van der Waals surface area contributed by atoms with Crippen LogP contribution >= 0.6 is 11.6 Å². The zero-order valence-corrected chi connectivity index (χ0v) is 12.9. The van der Waals surface area contributed by atoms with Gasteiger partial charge in [0.25, 0.3) is 0 Å². The van der Waals surface area contributed by atoms with Gasteiger partial charge in [0.05, 0.1) is 18.9 Å². The number of aliphatic carboxylic acids is 1. The van der Waals surface area contributed by atoms with E-state index in [-0.39, 0.29) is 31.4 Å². The number of halogens is 1. The summed E-state index contributed by atoms with van der Waals surface area (Å²) in [5.41, 5.74) is 0. The van der Waals surface area contributed by atoms with E-state index in [1.165, 1.54) is 0 Å². The lowest BCUT2D eigenvalue weighted by Crippen LogP contribution is -2.36. The number of carbonyl (C=O) groups excluding carboxylic acids is 1. The molecule has 1 aromatic rings. The van der Waals surface area contributed by atoms with Crippen LogP contribution in [0.5, 0.6) is 5.75 Å². The highest BCUT2D eigenvalue weighted by atomic mass is 35.5. The monoisotopic (exact) mass is 313 g/mol. The molecular weight excluding hydrogens is 294 g/mol. The average Bonchev–Trinajstić information content (AvgIpc) is 2.38. The third-order valence-electron chi connectivity index (χ3n) is 3.04. The summed E-state index contributed by atoms with van der Waals surface area (Å²) in [4.78, 5) is 22.6. The van der Waals surface area contributed by atoms with Crippen molar-refractivity contribution in [2.45, 2.75) is 20.3 Å². The lowest BCUT2D eigenvalue weighted by molar-refractivity contribution is -0.143. The number of hydrogen-bond acceptors (Lipinski definition) is 3. The molecule has 1 rings (SSSR count). The van der Waals surface area contributed by atoms with Crippen molar-refractivity contribution >= 4 is 23.5 Å². The minimum atomic E-state index is -0.902. The number of ether oxygens (including phenoxy) is 1. The summed E-state index contributed by atoms with van der Waals surface area (Å²) in [5.74, 6) is -1.15. The predicted molar refractivity (Wildman–Crippen MR) is 80.5 cm³/mol. The van der Waals surface area contributed by atoms with Crippen LogP contribution in [0.3, 0.4) is 0 Å². The number of carboxylic acids is 1. The van der Waals surface area contributed by atoms with E-state index < -0.39 is 11.9 Å². The van der Waals surface area contributed by atoms with Crippen LogP contribution in [0.2, 0.25) is 5.02 Å². The van der Waals surface area contributed by atoms with Gasteiger partial charge in [-0.05, 0) is 24.1 Å². The van der Waals surface area contributed by atoms with Gasteiger partial charge in [-0.2, -0.15) is 0 Å². The number of benzene rings is 1. The Labute approximate surface area is 129 Å². The molecule has 0 aliphatic carbocycles. The largest absolute Gasteiger partial charge is 0.493 e. The van der Waals surface area contributed by atoms with E-state index in [1.807, 2.05) is 13.8 Å². The molecule has 0 saturated carbocycles. The van der Waals surface area contributed by atoms with E-state index in [9.17, 15) is 9.59 Å². The molecule has 1 unspecified atom stereocenters. The van der Waals surface area contributed by atoms with Crippen LogP contribution in [0.1, 0.15) is 20.3 Å². The van der Waals surface area contributed by atoms with Crippen LogP contribution < -0.4 is 10.1 Å². The van der Waals surface area contributed by atoms with Gasteiger partial charge >= 0.3 is 5.97 Å². The molecular formula is C15H20ClNO4. The van der Waals surface area contributed by atoms with Gasteiger partial charge in [-0.1, -0.05) is 31.5 Å². The van der Waals surface area contributed by atoms with Crippen LogP contribution in [0, 0.1) is 11.8 Å². The Morgan fingerprint density at radius 3 is 2.67 bits per heavy atom. The van der Waals surface area contributed by atoms with E-state index in [0.717, 1.165) is 0 Å².